The van der Waals surface area contributed by atoms with Crippen molar-refractivity contribution in [1.29, 1.82) is 5.41 Å². The van der Waals surface area contributed by atoms with E-state index < -0.39 is 21.7 Å². The predicted molar refractivity (Wildman–Crippen MR) is 157 cm³/mol. The number of nitrogens with zero attached hydrogens (tertiary/aromatic N) is 3. The number of hydrogen-bond acceptors (Lipinski definition) is 8. The molecule has 0 atom stereocenters. The number of nitrogens with two attached hydrogens (primary N) is 1. The maximum absolute atomic E-state index is 13.2. The summed E-state index contributed by atoms with van der Waals surface area (Å²) in [6, 6.07) is 14.0. The van der Waals surface area contributed by atoms with Gasteiger partial charge in [0.05, 0.1) is 24.7 Å². The number of likely N-dealkylation sites (tertiary alicyclic amines) is 1. The molecule has 4 rings (SSSR count). The molecule has 2 heterocycles. The molecule has 0 radical (unpaired) electrons. The fourth-order valence-corrected chi connectivity index (χ4v) is 6.09. The monoisotopic (exact) mass is 567 g/mol. The first-order chi connectivity index (χ1) is 19.2. The number of anilines is 1. The van der Waals surface area contributed by atoms with Crippen LogP contribution in [0.4, 0.5) is 5.69 Å². The smallest absolute Gasteiger partial charge is 0.323 e. The third-order valence-corrected chi connectivity index (χ3v) is 8.44. The number of carbonyl (C=O) groups is 1. The number of aliphatic imine (C=N–C) groups is 1. The average molecular weight is 568 g/mol. The molecule has 2 aromatic rings. The summed E-state index contributed by atoms with van der Waals surface area (Å²) in [5.74, 6) is 0.258. The van der Waals surface area contributed by atoms with Crippen molar-refractivity contribution in [3.05, 3.63) is 65.7 Å². The van der Waals surface area contributed by atoms with Gasteiger partial charge in [0.2, 0.25) is 10.0 Å². The van der Waals surface area contributed by atoms with Crippen LogP contribution >= 0.6 is 0 Å². The lowest BCUT2D eigenvalue weighted by molar-refractivity contribution is -0.139. The Morgan fingerprint density at radius 1 is 1.20 bits per heavy atom. The minimum atomic E-state index is -4.03. The standard InChI is InChI=1S/C29H37N5O5S/c1-2-38-28(35)21-40(36,37)34(17-5-7-22-6-3-8-23(20-22)29(30)31)24-10-12-25(13-11-24)39-26-14-18-33(19-15-26)27-9-4-16-32-27/h3,5-8,10-13,20,26H,2,4,9,14-19,21H2,1H3,(H3,30,31)/b7-5+. The summed E-state index contributed by atoms with van der Waals surface area (Å²) in [5.41, 5.74) is 7.33. The minimum absolute atomic E-state index is 0.00537. The Kier molecular flexibility index (Phi) is 9.81. The van der Waals surface area contributed by atoms with Crippen LogP contribution in [0.3, 0.4) is 0 Å². The van der Waals surface area contributed by atoms with Crippen molar-refractivity contribution < 1.29 is 22.7 Å². The van der Waals surface area contributed by atoms with Gasteiger partial charge >= 0.3 is 5.97 Å². The molecule has 11 heteroatoms. The number of hydrogen-bond donors (Lipinski definition) is 2. The lowest BCUT2D eigenvalue weighted by atomic mass is 10.1. The van der Waals surface area contributed by atoms with E-state index in [4.69, 9.17) is 20.6 Å². The lowest BCUT2D eigenvalue weighted by Gasteiger charge is -2.33. The van der Waals surface area contributed by atoms with Gasteiger partial charge in [-0.25, -0.2) is 8.42 Å². The number of rotatable bonds is 11. The number of piperidine rings is 1. The molecule has 0 bridgehead atoms. The van der Waals surface area contributed by atoms with Gasteiger partial charge in [0.25, 0.3) is 0 Å². The highest BCUT2D eigenvalue weighted by atomic mass is 32.2. The zero-order valence-electron chi connectivity index (χ0n) is 22.8. The summed E-state index contributed by atoms with van der Waals surface area (Å²) in [4.78, 5) is 19.0. The van der Waals surface area contributed by atoms with E-state index in [1.807, 2.05) is 6.07 Å². The first kappa shape index (κ1) is 29.1. The van der Waals surface area contributed by atoms with Crippen LogP contribution < -0.4 is 14.8 Å². The molecule has 3 N–H and O–H groups in total. The SMILES string of the molecule is CCOC(=O)CS(=O)(=O)N(C/C=C/c1cccc(C(=N)N)c1)c1ccc(OC2CCN(C3=NCCC3)CC2)cc1. The van der Waals surface area contributed by atoms with Gasteiger partial charge in [0.15, 0.2) is 5.75 Å². The molecule has 2 aliphatic rings. The third kappa shape index (κ3) is 7.84. The number of ether oxygens (including phenoxy) is 2. The van der Waals surface area contributed by atoms with Gasteiger partial charge in [0.1, 0.15) is 17.7 Å². The average Bonchev–Trinajstić information content (AvgIpc) is 3.47. The molecule has 2 aromatic carbocycles. The Labute approximate surface area is 236 Å². The highest BCUT2D eigenvalue weighted by Crippen LogP contribution is 2.26. The maximum Gasteiger partial charge on any atom is 0.323 e. The Morgan fingerprint density at radius 3 is 2.60 bits per heavy atom. The van der Waals surface area contributed by atoms with Gasteiger partial charge in [-0.3, -0.25) is 19.5 Å². The fraction of sp³-hybridized carbons (Fsp3) is 0.414. The number of amidine groups is 2. The number of esters is 1. The topological polar surface area (TPSA) is 138 Å². The van der Waals surface area contributed by atoms with E-state index in [9.17, 15) is 13.2 Å². The van der Waals surface area contributed by atoms with Crippen LogP contribution in [0.15, 0.2) is 59.6 Å². The van der Waals surface area contributed by atoms with Crippen molar-refractivity contribution in [2.24, 2.45) is 10.7 Å². The maximum atomic E-state index is 13.2. The van der Waals surface area contributed by atoms with Crippen LogP contribution in [0.25, 0.3) is 6.08 Å². The van der Waals surface area contributed by atoms with Gasteiger partial charge in [-0.2, -0.15) is 0 Å². The molecule has 214 valence electrons. The molecule has 1 saturated heterocycles. The highest BCUT2D eigenvalue weighted by molar-refractivity contribution is 7.93. The molecule has 0 aromatic heterocycles. The van der Waals surface area contributed by atoms with E-state index in [1.165, 1.54) is 10.1 Å². The molecule has 0 amide bonds. The third-order valence-electron chi connectivity index (χ3n) is 6.81. The minimum Gasteiger partial charge on any atom is -0.490 e. The Hall–Kier alpha value is -3.86. The van der Waals surface area contributed by atoms with Gasteiger partial charge in [-0.05, 0) is 49.2 Å². The first-order valence-electron chi connectivity index (χ1n) is 13.6. The summed E-state index contributed by atoms with van der Waals surface area (Å²) < 4.78 is 38.8. The summed E-state index contributed by atoms with van der Waals surface area (Å²) >= 11 is 0. The normalized spacial score (nSPS) is 16.1. The number of sulfonamides is 1. The number of nitrogen functional groups attached to an aromatic ring is 1. The number of carbonyl (C=O) groups excluding carboxylic acids is 1. The van der Waals surface area contributed by atoms with Gasteiger partial charge in [0, 0.05) is 44.5 Å². The molecule has 10 nitrogen and oxygen atoms in total. The molecule has 1 fully saturated rings. The fourth-order valence-electron chi connectivity index (χ4n) is 4.80. The van der Waals surface area contributed by atoms with Crippen LogP contribution in [-0.2, 0) is 19.6 Å². The van der Waals surface area contributed by atoms with Crippen molar-refractivity contribution >= 4 is 39.4 Å². The molecule has 0 unspecified atom stereocenters. The van der Waals surface area contributed by atoms with Crippen molar-refractivity contribution in [1.82, 2.24) is 4.90 Å². The van der Waals surface area contributed by atoms with Crippen LogP contribution in [0.5, 0.6) is 5.75 Å². The Bertz CT molecular complexity index is 1350. The second kappa shape index (κ2) is 13.5. The van der Waals surface area contributed by atoms with Crippen LogP contribution in [0, 0.1) is 5.41 Å². The van der Waals surface area contributed by atoms with E-state index in [2.05, 4.69) is 9.89 Å². The summed E-state index contributed by atoms with van der Waals surface area (Å²) in [5, 5.41) is 7.62. The highest BCUT2D eigenvalue weighted by Gasteiger charge is 2.27. The molecule has 2 aliphatic heterocycles. The molecule has 0 aliphatic carbocycles. The Morgan fingerprint density at radius 2 is 1.95 bits per heavy atom. The largest absolute Gasteiger partial charge is 0.490 e. The van der Waals surface area contributed by atoms with Crippen molar-refractivity contribution in [3.63, 3.8) is 0 Å². The van der Waals surface area contributed by atoms with Gasteiger partial charge < -0.3 is 20.1 Å². The zero-order chi connectivity index (χ0) is 28.5. The second-order valence-corrected chi connectivity index (χ2v) is 11.6. The number of benzene rings is 2. The molecule has 0 saturated carbocycles. The van der Waals surface area contributed by atoms with E-state index in [1.54, 1.807) is 61.5 Å². The molecule has 40 heavy (non-hydrogen) atoms. The van der Waals surface area contributed by atoms with Crippen molar-refractivity contribution in [2.75, 3.05) is 42.8 Å². The van der Waals surface area contributed by atoms with Gasteiger partial charge in [-0.15, -0.1) is 0 Å². The van der Waals surface area contributed by atoms with Crippen molar-refractivity contribution in [2.45, 2.75) is 38.7 Å². The summed E-state index contributed by atoms with van der Waals surface area (Å²) in [6.45, 7) is 4.49. The first-order valence-corrected chi connectivity index (χ1v) is 15.2. The van der Waals surface area contributed by atoms with E-state index in [-0.39, 0.29) is 25.1 Å². The summed E-state index contributed by atoms with van der Waals surface area (Å²) in [6.07, 6.45) is 7.51. The second-order valence-electron chi connectivity index (χ2n) is 9.73. The zero-order valence-corrected chi connectivity index (χ0v) is 23.6. The van der Waals surface area contributed by atoms with Crippen LogP contribution in [-0.4, -0.2) is 75.6 Å². The molecular weight excluding hydrogens is 530 g/mol. The Balaban J connectivity index is 1.45. The van der Waals surface area contributed by atoms with E-state index in [0.717, 1.165) is 50.9 Å². The van der Waals surface area contributed by atoms with E-state index in [0.29, 0.717) is 17.0 Å². The number of nitrogens with one attached hydrogen (secondary N) is 1. The quantitative estimate of drug-likeness (QED) is 0.241. The van der Waals surface area contributed by atoms with Crippen molar-refractivity contribution in [3.8, 4) is 5.75 Å². The lowest BCUT2D eigenvalue weighted by Crippen LogP contribution is -2.41. The van der Waals surface area contributed by atoms with Crippen LogP contribution in [0.2, 0.25) is 0 Å². The van der Waals surface area contributed by atoms with E-state index >= 15 is 0 Å². The van der Waals surface area contributed by atoms with Gasteiger partial charge in [-0.1, -0.05) is 30.4 Å². The summed E-state index contributed by atoms with van der Waals surface area (Å²) in [7, 11) is -4.03. The predicted octanol–water partition coefficient (Wildman–Crippen LogP) is 3.42. The van der Waals surface area contributed by atoms with Crippen LogP contribution in [0.1, 0.15) is 43.7 Å². The molecular formula is C29H37N5O5S. The molecule has 0 spiro atoms.